The summed E-state index contributed by atoms with van der Waals surface area (Å²) < 4.78 is 17.0. The average molecular weight is 422 g/mol. The number of aromatic nitrogens is 2. The van der Waals surface area contributed by atoms with Crippen LogP contribution in [0.2, 0.25) is 0 Å². The van der Waals surface area contributed by atoms with Crippen LogP contribution in [0.1, 0.15) is 12.8 Å². The molecule has 2 fully saturated rings. The first-order valence-corrected chi connectivity index (χ1v) is 10.7. The number of rotatable bonds is 5. The van der Waals surface area contributed by atoms with Gasteiger partial charge < -0.3 is 24.0 Å². The number of carbonyl (C=O) groups is 1. The number of anilines is 2. The second-order valence-electron chi connectivity index (χ2n) is 7.26. The minimum Gasteiger partial charge on any atom is -0.493 e. The fraction of sp³-hybridized carbons (Fsp3) is 0.632. The molecule has 4 rings (SSSR count). The molecule has 0 spiro atoms. The molecule has 1 N–H and O–H groups in total. The van der Waals surface area contributed by atoms with E-state index < -0.39 is 0 Å². The topological polar surface area (TPSA) is 89.0 Å². The highest BCUT2D eigenvalue weighted by Crippen LogP contribution is 2.38. The Hall–Kier alpha value is -2.17. The van der Waals surface area contributed by atoms with Gasteiger partial charge in [0.05, 0.1) is 26.5 Å². The highest BCUT2D eigenvalue weighted by Gasteiger charge is 2.25. The molecule has 2 aliphatic rings. The van der Waals surface area contributed by atoms with Gasteiger partial charge in [-0.25, -0.2) is 14.8 Å². The zero-order valence-corrected chi connectivity index (χ0v) is 17.7. The third kappa shape index (κ3) is 4.39. The monoisotopic (exact) mass is 421 g/mol. The van der Waals surface area contributed by atoms with Crippen LogP contribution < -0.4 is 15.0 Å². The number of hydrogen-bond donors (Lipinski definition) is 1. The summed E-state index contributed by atoms with van der Waals surface area (Å²) in [6.45, 7) is 5.13. The standard InChI is InChI=1S/C19H27N5O4S/c1-26-12-13-3-5-24(6-4-13)19(25)22-18-21-15-14(27-2)11-20-17(16(15)29-18)23-7-9-28-10-8-23/h11,13H,3-10,12H2,1-2H3,(H,21,22,25). The van der Waals surface area contributed by atoms with Crippen LogP contribution >= 0.6 is 11.3 Å². The summed E-state index contributed by atoms with van der Waals surface area (Å²) in [6.07, 6.45) is 3.61. The summed E-state index contributed by atoms with van der Waals surface area (Å²) in [6, 6.07) is -0.111. The molecule has 0 unspecified atom stereocenters. The number of urea groups is 1. The maximum atomic E-state index is 12.7. The number of methoxy groups -OCH3 is 2. The number of morpholine rings is 1. The number of nitrogens with one attached hydrogen (secondary N) is 1. The van der Waals surface area contributed by atoms with Crippen LogP contribution in [-0.4, -0.2) is 81.1 Å². The molecule has 2 amide bonds. The number of thiazole rings is 1. The van der Waals surface area contributed by atoms with Crippen molar-refractivity contribution >= 4 is 38.5 Å². The maximum Gasteiger partial charge on any atom is 0.323 e. The van der Waals surface area contributed by atoms with Crippen molar-refractivity contribution in [1.29, 1.82) is 0 Å². The molecule has 2 saturated heterocycles. The van der Waals surface area contributed by atoms with Crippen LogP contribution in [0.5, 0.6) is 5.75 Å². The first kappa shape index (κ1) is 20.1. The molecular weight excluding hydrogens is 394 g/mol. The predicted octanol–water partition coefficient (Wildman–Crippen LogP) is 2.43. The molecule has 0 saturated carbocycles. The van der Waals surface area contributed by atoms with E-state index in [2.05, 4.69) is 20.2 Å². The molecular formula is C19H27N5O4S. The van der Waals surface area contributed by atoms with Crippen LogP contribution in [-0.2, 0) is 9.47 Å². The molecule has 4 heterocycles. The number of fused-ring (bicyclic) bond motifs is 1. The van der Waals surface area contributed by atoms with Crippen molar-refractivity contribution < 1.29 is 19.0 Å². The van der Waals surface area contributed by atoms with Gasteiger partial charge in [-0.05, 0) is 18.8 Å². The smallest absolute Gasteiger partial charge is 0.323 e. The summed E-state index contributed by atoms with van der Waals surface area (Å²) in [5.74, 6) is 1.99. The molecule has 29 heavy (non-hydrogen) atoms. The SMILES string of the molecule is COCC1CCN(C(=O)Nc2nc3c(OC)cnc(N4CCOCC4)c3s2)CC1. The minimum atomic E-state index is -0.111. The molecule has 0 radical (unpaired) electrons. The van der Waals surface area contributed by atoms with E-state index >= 15 is 0 Å². The van der Waals surface area contributed by atoms with E-state index in [-0.39, 0.29) is 6.03 Å². The van der Waals surface area contributed by atoms with Gasteiger partial charge >= 0.3 is 6.03 Å². The van der Waals surface area contributed by atoms with E-state index in [0.717, 1.165) is 61.7 Å². The Balaban J connectivity index is 1.51. The van der Waals surface area contributed by atoms with Crippen LogP contribution in [0.3, 0.4) is 0 Å². The third-order valence-electron chi connectivity index (χ3n) is 5.42. The van der Waals surface area contributed by atoms with Crippen LogP contribution in [0.15, 0.2) is 6.20 Å². The Morgan fingerprint density at radius 3 is 2.72 bits per heavy atom. The number of ether oxygens (including phenoxy) is 3. The second-order valence-corrected chi connectivity index (χ2v) is 8.26. The van der Waals surface area contributed by atoms with Gasteiger partial charge in [0.1, 0.15) is 16.0 Å². The van der Waals surface area contributed by atoms with Crippen LogP contribution in [0.25, 0.3) is 10.2 Å². The summed E-state index contributed by atoms with van der Waals surface area (Å²) in [5.41, 5.74) is 0.725. The number of nitrogens with zero attached hydrogens (tertiary/aromatic N) is 4. The summed E-state index contributed by atoms with van der Waals surface area (Å²) in [4.78, 5) is 26.0. The first-order chi connectivity index (χ1) is 14.2. The summed E-state index contributed by atoms with van der Waals surface area (Å²) in [7, 11) is 3.33. The van der Waals surface area contributed by atoms with Crippen molar-refractivity contribution in [2.75, 3.05) is 70.4 Å². The molecule has 0 atom stereocenters. The Labute approximate surface area is 173 Å². The van der Waals surface area contributed by atoms with Gasteiger partial charge in [0.2, 0.25) is 0 Å². The van der Waals surface area contributed by atoms with Gasteiger partial charge in [-0.2, -0.15) is 0 Å². The Morgan fingerprint density at radius 1 is 1.28 bits per heavy atom. The average Bonchev–Trinajstić information content (AvgIpc) is 3.18. The van der Waals surface area contributed by atoms with E-state index in [1.807, 2.05) is 4.90 Å². The lowest BCUT2D eigenvalue weighted by molar-refractivity contribution is 0.110. The zero-order chi connectivity index (χ0) is 20.2. The number of hydrogen-bond acceptors (Lipinski definition) is 8. The van der Waals surface area contributed by atoms with Crippen molar-refractivity contribution in [3.63, 3.8) is 0 Å². The van der Waals surface area contributed by atoms with Crippen LogP contribution in [0, 0.1) is 5.92 Å². The third-order valence-corrected chi connectivity index (χ3v) is 6.38. The van der Waals surface area contributed by atoms with E-state index in [4.69, 9.17) is 14.2 Å². The van der Waals surface area contributed by atoms with Gasteiger partial charge in [-0.15, -0.1) is 0 Å². The van der Waals surface area contributed by atoms with Crippen molar-refractivity contribution in [3.05, 3.63) is 6.20 Å². The molecule has 158 valence electrons. The van der Waals surface area contributed by atoms with Crippen molar-refractivity contribution in [1.82, 2.24) is 14.9 Å². The highest BCUT2D eigenvalue weighted by molar-refractivity contribution is 7.23. The number of piperidine rings is 1. The van der Waals surface area contributed by atoms with Crippen molar-refractivity contribution in [2.45, 2.75) is 12.8 Å². The molecule has 0 bridgehead atoms. The molecule has 0 aliphatic carbocycles. The Bertz CT molecular complexity index is 846. The number of pyridine rings is 1. The molecule has 9 nitrogen and oxygen atoms in total. The molecule has 0 aromatic carbocycles. The van der Waals surface area contributed by atoms with Gasteiger partial charge in [0.25, 0.3) is 0 Å². The van der Waals surface area contributed by atoms with Crippen molar-refractivity contribution in [3.8, 4) is 5.75 Å². The number of amides is 2. The number of likely N-dealkylation sites (tertiary alicyclic amines) is 1. The summed E-state index contributed by atoms with van der Waals surface area (Å²) in [5, 5.41) is 3.53. The Kier molecular flexibility index (Phi) is 6.31. The fourth-order valence-corrected chi connectivity index (χ4v) is 4.78. The first-order valence-electron chi connectivity index (χ1n) is 9.90. The lowest BCUT2D eigenvalue weighted by atomic mass is 9.98. The van der Waals surface area contributed by atoms with E-state index in [1.54, 1.807) is 20.4 Å². The minimum absolute atomic E-state index is 0.111. The lowest BCUT2D eigenvalue weighted by Crippen LogP contribution is -2.41. The van der Waals surface area contributed by atoms with Crippen molar-refractivity contribution in [2.24, 2.45) is 5.92 Å². The predicted molar refractivity (Wildman–Crippen MR) is 112 cm³/mol. The second kappa shape index (κ2) is 9.10. The molecule has 2 aliphatic heterocycles. The molecule has 10 heteroatoms. The maximum absolute atomic E-state index is 12.7. The van der Waals surface area contributed by atoms with Gasteiger partial charge in [-0.3, -0.25) is 5.32 Å². The van der Waals surface area contributed by atoms with Crippen LogP contribution in [0.4, 0.5) is 15.7 Å². The normalized spacial score (nSPS) is 18.3. The number of carbonyl (C=O) groups excluding carboxylic acids is 1. The van der Waals surface area contributed by atoms with E-state index in [1.165, 1.54) is 11.3 Å². The quantitative estimate of drug-likeness (QED) is 0.793. The molecule has 2 aromatic rings. The fourth-order valence-electron chi connectivity index (χ4n) is 3.79. The lowest BCUT2D eigenvalue weighted by Gasteiger charge is -2.31. The van der Waals surface area contributed by atoms with E-state index in [9.17, 15) is 4.79 Å². The van der Waals surface area contributed by atoms with Gasteiger partial charge in [0, 0.05) is 39.9 Å². The Morgan fingerprint density at radius 2 is 2.03 bits per heavy atom. The summed E-state index contributed by atoms with van der Waals surface area (Å²) >= 11 is 1.43. The van der Waals surface area contributed by atoms with Gasteiger partial charge in [-0.1, -0.05) is 11.3 Å². The molecule has 2 aromatic heterocycles. The van der Waals surface area contributed by atoms with Gasteiger partial charge in [0.15, 0.2) is 10.9 Å². The largest absolute Gasteiger partial charge is 0.493 e. The van der Waals surface area contributed by atoms with E-state index in [0.29, 0.717) is 30.0 Å². The highest BCUT2D eigenvalue weighted by atomic mass is 32.1. The zero-order valence-electron chi connectivity index (χ0n) is 16.8.